The van der Waals surface area contributed by atoms with E-state index in [1.165, 1.54) is 16.3 Å². The van der Waals surface area contributed by atoms with Crippen LogP contribution in [0.4, 0.5) is 0 Å². The lowest BCUT2D eigenvalue weighted by Gasteiger charge is -2.09. The molecule has 1 N–H and O–H groups in total. The standard InChI is InChI=1S/C22H19N5O5S/c1-12-15(23-21(32-12)13-6-4-7-18(29-2)19(13)30-3)11-33-22-25-24-20(28)16-10-14(26-27(16)22)17-8-5-9-31-17/h4-10H,11H2,1-3H3,(H,24,28). The van der Waals surface area contributed by atoms with Gasteiger partial charge >= 0.3 is 0 Å². The van der Waals surface area contributed by atoms with Crippen molar-refractivity contribution in [2.24, 2.45) is 0 Å². The van der Waals surface area contributed by atoms with E-state index in [0.717, 1.165) is 5.69 Å². The molecule has 4 heterocycles. The van der Waals surface area contributed by atoms with E-state index in [2.05, 4.69) is 20.3 Å². The second-order valence-electron chi connectivity index (χ2n) is 6.99. The Bertz CT molecular complexity index is 1490. The van der Waals surface area contributed by atoms with Crippen LogP contribution in [0.3, 0.4) is 0 Å². The molecule has 0 atom stereocenters. The van der Waals surface area contributed by atoms with Crippen LogP contribution in [-0.2, 0) is 5.75 Å². The lowest BCUT2D eigenvalue weighted by atomic mass is 10.2. The van der Waals surface area contributed by atoms with Crippen LogP contribution in [0.2, 0.25) is 0 Å². The molecule has 0 aliphatic heterocycles. The summed E-state index contributed by atoms with van der Waals surface area (Å²) in [6.45, 7) is 1.85. The Morgan fingerprint density at radius 1 is 1.18 bits per heavy atom. The zero-order chi connectivity index (χ0) is 22.9. The number of methoxy groups -OCH3 is 2. The average molecular weight is 465 g/mol. The first-order valence-corrected chi connectivity index (χ1v) is 10.9. The summed E-state index contributed by atoms with van der Waals surface area (Å²) < 4.78 is 23.7. The van der Waals surface area contributed by atoms with Gasteiger partial charge in [-0.3, -0.25) is 4.79 Å². The minimum absolute atomic E-state index is 0.338. The van der Waals surface area contributed by atoms with Gasteiger partial charge in [-0.1, -0.05) is 17.8 Å². The third-order valence-corrected chi connectivity index (χ3v) is 5.95. The molecule has 0 saturated carbocycles. The van der Waals surface area contributed by atoms with E-state index in [1.54, 1.807) is 38.7 Å². The van der Waals surface area contributed by atoms with E-state index in [9.17, 15) is 4.79 Å². The summed E-state index contributed by atoms with van der Waals surface area (Å²) in [5.74, 6) is 3.25. The molecule has 1 aromatic carbocycles. The van der Waals surface area contributed by atoms with Crippen LogP contribution in [-0.4, -0.2) is 39.0 Å². The lowest BCUT2D eigenvalue weighted by Crippen LogP contribution is -2.13. The van der Waals surface area contributed by atoms with Crippen LogP contribution in [0.25, 0.3) is 28.4 Å². The first-order valence-electron chi connectivity index (χ1n) is 9.92. The highest BCUT2D eigenvalue weighted by Gasteiger charge is 2.19. The van der Waals surface area contributed by atoms with E-state index < -0.39 is 0 Å². The number of hydrogen-bond acceptors (Lipinski definition) is 9. The predicted molar refractivity (Wildman–Crippen MR) is 121 cm³/mol. The van der Waals surface area contributed by atoms with E-state index in [4.69, 9.17) is 18.3 Å². The number of para-hydroxylation sites is 1. The zero-order valence-electron chi connectivity index (χ0n) is 18.0. The number of ether oxygens (including phenoxy) is 2. The van der Waals surface area contributed by atoms with Gasteiger partial charge in [-0.05, 0) is 31.2 Å². The second kappa shape index (κ2) is 8.51. The lowest BCUT2D eigenvalue weighted by molar-refractivity contribution is 0.355. The molecule has 0 radical (unpaired) electrons. The van der Waals surface area contributed by atoms with Gasteiger partial charge in [0, 0.05) is 11.8 Å². The third-order valence-electron chi connectivity index (χ3n) is 5.01. The van der Waals surface area contributed by atoms with Crippen molar-refractivity contribution in [3.63, 3.8) is 0 Å². The molecule has 4 aromatic heterocycles. The molecule has 5 aromatic rings. The first kappa shape index (κ1) is 20.9. The van der Waals surface area contributed by atoms with Crippen molar-refractivity contribution in [2.75, 3.05) is 14.2 Å². The number of H-pyrrole nitrogens is 1. The second-order valence-corrected chi connectivity index (χ2v) is 7.93. The molecule has 11 heteroatoms. The number of nitrogens with zero attached hydrogens (tertiary/aromatic N) is 4. The van der Waals surface area contributed by atoms with Gasteiger partial charge in [0.1, 0.15) is 17.0 Å². The van der Waals surface area contributed by atoms with Gasteiger partial charge in [-0.15, -0.1) is 5.10 Å². The molecular weight excluding hydrogens is 446 g/mol. The Kier molecular flexibility index (Phi) is 5.38. The minimum atomic E-state index is -0.338. The zero-order valence-corrected chi connectivity index (χ0v) is 18.8. The normalized spacial score (nSPS) is 11.2. The van der Waals surface area contributed by atoms with Crippen LogP contribution < -0.4 is 15.0 Å². The van der Waals surface area contributed by atoms with Crippen molar-refractivity contribution in [2.45, 2.75) is 17.8 Å². The fourth-order valence-corrected chi connectivity index (χ4v) is 4.30. The number of benzene rings is 1. The monoisotopic (exact) mass is 465 g/mol. The Morgan fingerprint density at radius 2 is 2.06 bits per heavy atom. The molecule has 0 unspecified atom stereocenters. The number of oxazole rings is 1. The number of nitrogens with one attached hydrogen (secondary N) is 1. The molecule has 0 saturated heterocycles. The van der Waals surface area contributed by atoms with Crippen LogP contribution in [0.15, 0.2) is 61.4 Å². The van der Waals surface area contributed by atoms with Crippen molar-refractivity contribution in [1.82, 2.24) is 24.8 Å². The number of fused-ring (bicyclic) bond motifs is 1. The van der Waals surface area contributed by atoms with Crippen molar-refractivity contribution in [1.29, 1.82) is 0 Å². The molecule has 168 valence electrons. The van der Waals surface area contributed by atoms with E-state index in [-0.39, 0.29) is 5.56 Å². The summed E-state index contributed by atoms with van der Waals surface area (Å²) in [5, 5.41) is 11.7. The van der Waals surface area contributed by atoms with E-state index in [1.807, 2.05) is 25.1 Å². The van der Waals surface area contributed by atoms with Gasteiger partial charge in [-0.2, -0.15) is 5.10 Å². The molecule has 33 heavy (non-hydrogen) atoms. The van der Waals surface area contributed by atoms with Gasteiger partial charge in [-0.25, -0.2) is 14.6 Å². The summed E-state index contributed by atoms with van der Waals surface area (Å²) >= 11 is 1.37. The summed E-state index contributed by atoms with van der Waals surface area (Å²) in [5.41, 5.74) is 2.01. The van der Waals surface area contributed by atoms with Crippen molar-refractivity contribution >= 4 is 17.3 Å². The summed E-state index contributed by atoms with van der Waals surface area (Å²) in [4.78, 5) is 16.9. The highest BCUT2D eigenvalue weighted by atomic mass is 32.2. The third kappa shape index (κ3) is 3.76. The number of rotatable bonds is 7. The maximum absolute atomic E-state index is 12.2. The van der Waals surface area contributed by atoms with Crippen molar-refractivity contribution in [3.05, 3.63) is 64.5 Å². The van der Waals surface area contributed by atoms with Crippen LogP contribution in [0, 0.1) is 6.92 Å². The van der Waals surface area contributed by atoms with Crippen LogP contribution >= 0.6 is 11.8 Å². The number of thioether (sulfide) groups is 1. The number of furan rings is 1. The number of aromatic nitrogens is 5. The predicted octanol–water partition coefficient (Wildman–Crippen LogP) is 3.95. The van der Waals surface area contributed by atoms with Gasteiger partial charge in [0.2, 0.25) is 11.0 Å². The van der Waals surface area contributed by atoms with E-state index in [0.29, 0.717) is 56.6 Å². The highest BCUT2D eigenvalue weighted by molar-refractivity contribution is 7.98. The number of aryl methyl sites for hydroxylation is 1. The molecule has 0 amide bonds. The highest BCUT2D eigenvalue weighted by Crippen LogP contribution is 2.38. The maximum Gasteiger partial charge on any atom is 0.290 e. The topological polar surface area (TPSA) is 121 Å². The molecule has 0 bridgehead atoms. The van der Waals surface area contributed by atoms with Crippen LogP contribution in [0.1, 0.15) is 11.5 Å². The maximum atomic E-state index is 12.2. The van der Waals surface area contributed by atoms with Gasteiger partial charge in [0.25, 0.3) is 5.56 Å². The summed E-state index contributed by atoms with van der Waals surface area (Å²) in [6, 6.07) is 10.7. The summed E-state index contributed by atoms with van der Waals surface area (Å²) in [6.07, 6.45) is 1.56. The average Bonchev–Trinajstić information content (AvgIpc) is 3.58. The molecule has 0 fully saturated rings. The molecular formula is C22H19N5O5S. The minimum Gasteiger partial charge on any atom is -0.493 e. The van der Waals surface area contributed by atoms with Gasteiger partial charge in [0.15, 0.2) is 17.3 Å². The Hall–Kier alpha value is -3.99. The number of hydrogen-bond donors (Lipinski definition) is 1. The quantitative estimate of drug-likeness (QED) is 0.356. The van der Waals surface area contributed by atoms with Crippen LogP contribution in [0.5, 0.6) is 11.5 Å². The largest absolute Gasteiger partial charge is 0.493 e. The van der Waals surface area contributed by atoms with E-state index >= 15 is 0 Å². The van der Waals surface area contributed by atoms with Crippen molar-refractivity contribution < 1.29 is 18.3 Å². The molecule has 0 aliphatic carbocycles. The Morgan fingerprint density at radius 3 is 2.82 bits per heavy atom. The Labute approximate surface area is 191 Å². The first-order chi connectivity index (χ1) is 16.1. The number of aromatic amines is 1. The van der Waals surface area contributed by atoms with Gasteiger partial charge < -0.3 is 18.3 Å². The van der Waals surface area contributed by atoms with Gasteiger partial charge in [0.05, 0.1) is 31.7 Å². The molecule has 5 rings (SSSR count). The summed E-state index contributed by atoms with van der Waals surface area (Å²) in [7, 11) is 3.15. The molecule has 10 nitrogen and oxygen atoms in total. The molecule has 0 spiro atoms. The SMILES string of the molecule is COc1cccc(-c2nc(CSc3n[nH]c(=O)c4cc(-c5ccco5)nn34)c(C)o2)c1OC. The molecule has 0 aliphatic rings. The fourth-order valence-electron chi connectivity index (χ4n) is 3.40. The van der Waals surface area contributed by atoms with Crippen molar-refractivity contribution in [3.8, 4) is 34.4 Å². The Balaban J connectivity index is 1.45. The smallest absolute Gasteiger partial charge is 0.290 e. The fraction of sp³-hybridized carbons (Fsp3) is 0.182.